The Bertz CT molecular complexity index is 362. The van der Waals surface area contributed by atoms with Crippen LogP contribution in [0, 0.1) is 5.92 Å². The van der Waals surface area contributed by atoms with Crippen molar-refractivity contribution in [2.45, 2.75) is 12.8 Å². The average molecular weight is 230 g/mol. The second kappa shape index (κ2) is 3.77. The molecule has 1 unspecified atom stereocenters. The number of ether oxygens (including phenoxy) is 2. The smallest absolute Gasteiger partial charge is 0.247 e. The molecule has 0 aromatic carbocycles. The third-order valence-corrected chi connectivity index (χ3v) is 2.92. The van der Waals surface area contributed by atoms with Gasteiger partial charge in [0.1, 0.15) is 5.76 Å². The highest BCUT2D eigenvalue weighted by Crippen LogP contribution is 2.36. The first-order valence-corrected chi connectivity index (χ1v) is 4.83. The van der Waals surface area contributed by atoms with Crippen LogP contribution in [0.1, 0.15) is 12.8 Å². The summed E-state index contributed by atoms with van der Waals surface area (Å²) in [6.07, 6.45) is 3.64. The molecule has 1 amide bonds. The van der Waals surface area contributed by atoms with E-state index in [1.807, 2.05) is 6.08 Å². The lowest BCUT2D eigenvalue weighted by Crippen LogP contribution is -2.37. The van der Waals surface area contributed by atoms with Crippen molar-refractivity contribution in [2.75, 3.05) is 13.3 Å². The molecule has 1 atom stereocenters. The van der Waals surface area contributed by atoms with Crippen molar-refractivity contribution in [3.05, 3.63) is 23.2 Å². The SMILES string of the molecule is Cl.O=C1NCCC2CC3=C(C=C12)OCO3. The molecule has 1 saturated heterocycles. The topological polar surface area (TPSA) is 47.6 Å². The van der Waals surface area contributed by atoms with Crippen LogP contribution in [-0.4, -0.2) is 19.2 Å². The zero-order valence-electron chi connectivity index (χ0n) is 8.12. The van der Waals surface area contributed by atoms with Crippen molar-refractivity contribution in [3.8, 4) is 0 Å². The molecule has 1 N–H and O–H groups in total. The van der Waals surface area contributed by atoms with Gasteiger partial charge in [-0.25, -0.2) is 0 Å². The number of carbonyl (C=O) groups excluding carboxylic acids is 1. The monoisotopic (exact) mass is 229 g/mol. The highest BCUT2D eigenvalue weighted by molar-refractivity contribution is 5.95. The Morgan fingerprint density at radius 2 is 2.27 bits per heavy atom. The lowest BCUT2D eigenvalue weighted by molar-refractivity contribution is -0.119. The second-order valence-corrected chi connectivity index (χ2v) is 3.74. The zero-order chi connectivity index (χ0) is 9.54. The fourth-order valence-corrected chi connectivity index (χ4v) is 2.16. The van der Waals surface area contributed by atoms with Crippen LogP contribution < -0.4 is 5.32 Å². The maximum atomic E-state index is 11.5. The molecule has 15 heavy (non-hydrogen) atoms. The number of halogens is 1. The Balaban J connectivity index is 0.000000853. The van der Waals surface area contributed by atoms with E-state index in [1.165, 1.54) is 0 Å². The summed E-state index contributed by atoms with van der Waals surface area (Å²) < 4.78 is 10.6. The van der Waals surface area contributed by atoms with E-state index in [2.05, 4.69) is 5.32 Å². The van der Waals surface area contributed by atoms with Gasteiger partial charge >= 0.3 is 0 Å². The lowest BCUT2D eigenvalue weighted by atomic mass is 9.84. The number of rotatable bonds is 0. The number of hydrogen-bond acceptors (Lipinski definition) is 3. The van der Waals surface area contributed by atoms with Crippen molar-refractivity contribution < 1.29 is 14.3 Å². The highest BCUT2D eigenvalue weighted by atomic mass is 35.5. The van der Waals surface area contributed by atoms with E-state index in [9.17, 15) is 4.79 Å². The van der Waals surface area contributed by atoms with E-state index in [4.69, 9.17) is 9.47 Å². The Morgan fingerprint density at radius 1 is 1.40 bits per heavy atom. The minimum Gasteiger partial charge on any atom is -0.458 e. The standard InChI is InChI=1S/C10H11NO3.ClH/c12-10-7-4-9-8(13-5-14-9)3-6(7)1-2-11-10;/h4,6H,1-3,5H2,(H,11,12);1H. The Morgan fingerprint density at radius 3 is 3.13 bits per heavy atom. The summed E-state index contributed by atoms with van der Waals surface area (Å²) in [6, 6.07) is 0. The predicted octanol–water partition coefficient (Wildman–Crippen LogP) is 1.09. The number of carbonyl (C=O) groups is 1. The summed E-state index contributed by atoms with van der Waals surface area (Å²) >= 11 is 0. The molecule has 0 aromatic rings. The van der Waals surface area contributed by atoms with Crippen molar-refractivity contribution in [3.63, 3.8) is 0 Å². The summed E-state index contributed by atoms with van der Waals surface area (Å²) in [5.74, 6) is 2.02. The molecule has 1 fully saturated rings. The van der Waals surface area contributed by atoms with Gasteiger partial charge in [-0.1, -0.05) is 0 Å². The second-order valence-electron chi connectivity index (χ2n) is 3.74. The van der Waals surface area contributed by atoms with Crippen LogP contribution in [0.15, 0.2) is 23.2 Å². The molecule has 2 aliphatic heterocycles. The summed E-state index contributed by atoms with van der Waals surface area (Å²) in [5.41, 5.74) is 0.848. The molecule has 3 rings (SSSR count). The first kappa shape index (κ1) is 10.4. The molecular weight excluding hydrogens is 218 g/mol. The molecule has 0 radical (unpaired) electrons. The minimum absolute atomic E-state index is 0. The number of amides is 1. The van der Waals surface area contributed by atoms with Crippen LogP contribution in [0.5, 0.6) is 0 Å². The first-order valence-electron chi connectivity index (χ1n) is 4.83. The summed E-state index contributed by atoms with van der Waals surface area (Å²) in [7, 11) is 0. The molecule has 0 bridgehead atoms. The maximum Gasteiger partial charge on any atom is 0.247 e. The summed E-state index contributed by atoms with van der Waals surface area (Å²) in [6.45, 7) is 1.06. The van der Waals surface area contributed by atoms with E-state index in [-0.39, 0.29) is 18.3 Å². The van der Waals surface area contributed by atoms with Crippen LogP contribution in [0.25, 0.3) is 0 Å². The zero-order valence-corrected chi connectivity index (χ0v) is 8.93. The highest BCUT2D eigenvalue weighted by Gasteiger charge is 2.33. The van der Waals surface area contributed by atoms with Gasteiger partial charge < -0.3 is 14.8 Å². The minimum atomic E-state index is 0. The number of fused-ring (bicyclic) bond motifs is 1. The first-order chi connectivity index (χ1) is 6.84. The lowest BCUT2D eigenvalue weighted by Gasteiger charge is -2.27. The van der Waals surface area contributed by atoms with E-state index in [0.717, 1.165) is 36.5 Å². The maximum absolute atomic E-state index is 11.5. The van der Waals surface area contributed by atoms with Gasteiger partial charge in [0, 0.05) is 18.5 Å². The van der Waals surface area contributed by atoms with Crippen molar-refractivity contribution in [2.24, 2.45) is 5.92 Å². The van der Waals surface area contributed by atoms with Crippen LogP contribution >= 0.6 is 12.4 Å². The van der Waals surface area contributed by atoms with E-state index in [0.29, 0.717) is 12.7 Å². The third kappa shape index (κ3) is 1.59. The van der Waals surface area contributed by atoms with Crippen molar-refractivity contribution in [1.29, 1.82) is 0 Å². The van der Waals surface area contributed by atoms with Crippen LogP contribution in [0.3, 0.4) is 0 Å². The normalized spacial score (nSPS) is 27.6. The van der Waals surface area contributed by atoms with Crippen molar-refractivity contribution >= 4 is 18.3 Å². The quantitative estimate of drug-likeness (QED) is 0.677. The van der Waals surface area contributed by atoms with Gasteiger partial charge in [-0.3, -0.25) is 4.79 Å². The summed E-state index contributed by atoms with van der Waals surface area (Å²) in [5, 5.41) is 2.83. The number of hydrogen-bond donors (Lipinski definition) is 1. The van der Waals surface area contributed by atoms with Crippen LogP contribution in [0.2, 0.25) is 0 Å². The molecule has 2 heterocycles. The van der Waals surface area contributed by atoms with Gasteiger partial charge in [-0.2, -0.15) is 0 Å². The van der Waals surface area contributed by atoms with Crippen LogP contribution in [-0.2, 0) is 14.3 Å². The average Bonchev–Trinajstić information content (AvgIpc) is 2.62. The Labute approximate surface area is 93.7 Å². The molecule has 0 spiro atoms. The van der Waals surface area contributed by atoms with Crippen molar-refractivity contribution in [1.82, 2.24) is 5.32 Å². The summed E-state index contributed by atoms with van der Waals surface area (Å²) in [4.78, 5) is 11.5. The molecular formula is C10H12ClNO3. The van der Waals surface area contributed by atoms with Gasteiger partial charge in [0.2, 0.25) is 12.7 Å². The Hall–Kier alpha value is -1.16. The molecule has 5 heteroatoms. The molecule has 4 nitrogen and oxygen atoms in total. The molecule has 0 saturated carbocycles. The van der Waals surface area contributed by atoms with Gasteiger partial charge in [0.05, 0.1) is 0 Å². The van der Waals surface area contributed by atoms with Gasteiger partial charge in [-0.05, 0) is 18.4 Å². The third-order valence-electron chi connectivity index (χ3n) is 2.92. The van der Waals surface area contributed by atoms with Gasteiger partial charge in [0.25, 0.3) is 0 Å². The van der Waals surface area contributed by atoms with E-state index < -0.39 is 0 Å². The molecule has 3 aliphatic rings. The molecule has 0 aromatic heterocycles. The number of nitrogens with one attached hydrogen (secondary N) is 1. The van der Waals surface area contributed by atoms with Gasteiger partial charge in [-0.15, -0.1) is 12.4 Å². The molecule has 82 valence electrons. The number of allylic oxidation sites excluding steroid dienone is 2. The fraction of sp³-hybridized carbons (Fsp3) is 0.500. The largest absolute Gasteiger partial charge is 0.458 e. The predicted molar refractivity (Wildman–Crippen MR) is 55.1 cm³/mol. The number of piperidine rings is 1. The van der Waals surface area contributed by atoms with Crippen LogP contribution in [0.4, 0.5) is 0 Å². The van der Waals surface area contributed by atoms with E-state index in [1.54, 1.807) is 0 Å². The fourth-order valence-electron chi connectivity index (χ4n) is 2.16. The van der Waals surface area contributed by atoms with E-state index >= 15 is 0 Å². The van der Waals surface area contributed by atoms with Gasteiger partial charge in [0.15, 0.2) is 5.76 Å². The molecule has 1 aliphatic carbocycles. The Kier molecular flexibility index (Phi) is 2.61.